The van der Waals surface area contributed by atoms with E-state index in [9.17, 15) is 9.18 Å². The van der Waals surface area contributed by atoms with Gasteiger partial charge in [-0.1, -0.05) is 12.1 Å². The van der Waals surface area contributed by atoms with E-state index in [-0.39, 0.29) is 18.1 Å². The maximum absolute atomic E-state index is 12.6. The molecule has 0 bridgehead atoms. The van der Waals surface area contributed by atoms with E-state index in [1.54, 1.807) is 12.1 Å². The van der Waals surface area contributed by atoms with Gasteiger partial charge in [-0.3, -0.25) is 4.79 Å². The van der Waals surface area contributed by atoms with Crippen molar-refractivity contribution in [3.63, 3.8) is 0 Å². The molecule has 0 saturated carbocycles. The molecular weight excluding hydrogens is 223 g/mol. The highest BCUT2D eigenvalue weighted by molar-refractivity contribution is 5.77. The van der Waals surface area contributed by atoms with Gasteiger partial charge in [0.25, 0.3) is 0 Å². The number of amides is 1. The second-order valence-corrected chi connectivity index (χ2v) is 3.56. The van der Waals surface area contributed by atoms with Crippen LogP contribution < -0.4 is 5.32 Å². The van der Waals surface area contributed by atoms with E-state index in [0.29, 0.717) is 12.2 Å². The number of aromatic nitrogens is 1. The minimum Gasteiger partial charge on any atom is -0.451 e. The molecule has 1 heterocycles. The lowest BCUT2D eigenvalue weighted by molar-refractivity contribution is -0.120. The Hall–Kier alpha value is -2.17. The summed E-state index contributed by atoms with van der Waals surface area (Å²) in [6.45, 7) is 0.372. The Kier molecular flexibility index (Phi) is 3.49. The normalized spacial score (nSPS) is 10.2. The molecule has 0 atom stereocenters. The van der Waals surface area contributed by atoms with Crippen molar-refractivity contribution in [1.29, 1.82) is 0 Å². The molecule has 0 spiro atoms. The lowest BCUT2D eigenvalue weighted by Crippen LogP contribution is -2.24. The van der Waals surface area contributed by atoms with Crippen LogP contribution in [-0.2, 0) is 17.8 Å². The van der Waals surface area contributed by atoms with E-state index in [2.05, 4.69) is 10.3 Å². The summed E-state index contributed by atoms with van der Waals surface area (Å²) in [7, 11) is 0. The number of hydrogen-bond donors (Lipinski definition) is 1. The van der Waals surface area contributed by atoms with Crippen LogP contribution >= 0.6 is 0 Å². The molecule has 4 nitrogen and oxygen atoms in total. The number of halogens is 1. The number of hydrogen-bond acceptors (Lipinski definition) is 3. The van der Waals surface area contributed by atoms with Crippen LogP contribution in [0.15, 0.2) is 41.3 Å². The molecule has 5 heteroatoms. The van der Waals surface area contributed by atoms with Crippen LogP contribution in [0.2, 0.25) is 0 Å². The summed E-state index contributed by atoms with van der Waals surface area (Å²) >= 11 is 0. The van der Waals surface area contributed by atoms with Crippen LogP contribution in [0.25, 0.3) is 0 Å². The molecule has 88 valence electrons. The minimum atomic E-state index is -0.289. The van der Waals surface area contributed by atoms with Gasteiger partial charge in [-0.05, 0) is 17.7 Å². The van der Waals surface area contributed by atoms with E-state index in [4.69, 9.17) is 4.42 Å². The van der Waals surface area contributed by atoms with Gasteiger partial charge in [0.1, 0.15) is 12.1 Å². The monoisotopic (exact) mass is 234 g/mol. The van der Waals surface area contributed by atoms with Crippen molar-refractivity contribution in [1.82, 2.24) is 10.3 Å². The third kappa shape index (κ3) is 3.41. The first-order chi connectivity index (χ1) is 8.24. The summed E-state index contributed by atoms with van der Waals surface area (Å²) in [6.07, 6.45) is 2.89. The number of oxazole rings is 1. The van der Waals surface area contributed by atoms with E-state index in [1.165, 1.54) is 24.8 Å². The Morgan fingerprint density at radius 3 is 2.76 bits per heavy atom. The Balaban J connectivity index is 1.82. The van der Waals surface area contributed by atoms with E-state index < -0.39 is 0 Å². The number of rotatable bonds is 4. The van der Waals surface area contributed by atoms with Crippen LogP contribution in [0.5, 0.6) is 0 Å². The lowest BCUT2D eigenvalue weighted by Gasteiger charge is -2.03. The molecule has 0 unspecified atom stereocenters. The number of benzene rings is 1. The molecule has 1 amide bonds. The smallest absolute Gasteiger partial charge is 0.226 e. The lowest BCUT2D eigenvalue weighted by atomic mass is 10.2. The van der Waals surface area contributed by atoms with Crippen LogP contribution in [0.1, 0.15) is 11.3 Å². The van der Waals surface area contributed by atoms with Crippen molar-refractivity contribution in [2.45, 2.75) is 13.0 Å². The van der Waals surface area contributed by atoms with Gasteiger partial charge in [0.2, 0.25) is 5.91 Å². The Bertz CT molecular complexity index is 480. The summed E-state index contributed by atoms with van der Waals surface area (Å²) in [4.78, 5) is 15.3. The molecule has 1 N–H and O–H groups in total. The fourth-order valence-corrected chi connectivity index (χ4v) is 1.35. The average molecular weight is 234 g/mol. The summed E-state index contributed by atoms with van der Waals surface area (Å²) in [5.41, 5.74) is 1.43. The Labute approximate surface area is 97.5 Å². The fraction of sp³-hybridized carbons (Fsp3) is 0.167. The van der Waals surface area contributed by atoms with Gasteiger partial charge in [0.05, 0.1) is 12.1 Å². The van der Waals surface area contributed by atoms with E-state index in [1.807, 2.05) is 0 Å². The molecule has 0 saturated heterocycles. The maximum Gasteiger partial charge on any atom is 0.226 e. The van der Waals surface area contributed by atoms with Gasteiger partial charge in [-0.15, -0.1) is 0 Å². The Morgan fingerprint density at radius 1 is 1.35 bits per heavy atom. The van der Waals surface area contributed by atoms with Crippen molar-refractivity contribution in [3.8, 4) is 0 Å². The van der Waals surface area contributed by atoms with Gasteiger partial charge < -0.3 is 9.73 Å². The van der Waals surface area contributed by atoms with Crippen molar-refractivity contribution >= 4 is 5.91 Å². The van der Waals surface area contributed by atoms with Crippen molar-refractivity contribution < 1.29 is 13.6 Å². The molecule has 2 rings (SSSR count). The third-order valence-electron chi connectivity index (χ3n) is 2.23. The number of nitrogens with one attached hydrogen (secondary N) is 1. The fourth-order valence-electron chi connectivity index (χ4n) is 1.35. The molecule has 0 fully saturated rings. The molecule has 1 aromatic carbocycles. The van der Waals surface area contributed by atoms with E-state index >= 15 is 0 Å². The van der Waals surface area contributed by atoms with E-state index in [0.717, 1.165) is 5.56 Å². The number of nitrogens with zero attached hydrogens (tertiary/aromatic N) is 1. The highest BCUT2D eigenvalue weighted by atomic mass is 19.1. The topological polar surface area (TPSA) is 55.1 Å². The predicted molar refractivity (Wildman–Crippen MR) is 58.5 cm³/mol. The zero-order chi connectivity index (χ0) is 12.1. The highest BCUT2D eigenvalue weighted by Gasteiger charge is 2.05. The van der Waals surface area contributed by atoms with Gasteiger partial charge in [-0.25, -0.2) is 9.37 Å². The quantitative estimate of drug-likeness (QED) is 0.875. The first-order valence-corrected chi connectivity index (χ1v) is 5.12. The first kappa shape index (κ1) is 11.3. The average Bonchev–Trinajstić information content (AvgIpc) is 2.81. The van der Waals surface area contributed by atoms with Crippen LogP contribution in [-0.4, -0.2) is 10.9 Å². The number of carbonyl (C=O) groups excluding carboxylic acids is 1. The van der Waals surface area contributed by atoms with Crippen LogP contribution in [0, 0.1) is 5.82 Å². The van der Waals surface area contributed by atoms with Crippen LogP contribution in [0.3, 0.4) is 0 Å². The first-order valence-electron chi connectivity index (χ1n) is 5.12. The SMILES string of the molecule is O=C(Cc1cocn1)NCc1ccc(F)cc1. The molecule has 0 aliphatic heterocycles. The Morgan fingerprint density at radius 2 is 2.12 bits per heavy atom. The molecule has 0 aliphatic carbocycles. The molecule has 2 aromatic rings. The molecular formula is C12H11FN2O2. The summed E-state index contributed by atoms with van der Waals surface area (Å²) in [5, 5.41) is 2.71. The summed E-state index contributed by atoms with van der Waals surface area (Å²) in [5.74, 6) is -0.439. The standard InChI is InChI=1S/C12H11FN2O2/c13-10-3-1-9(2-4-10)6-14-12(16)5-11-7-17-8-15-11/h1-4,7-8H,5-6H2,(H,14,16). The predicted octanol–water partition coefficient (Wildman–Crippen LogP) is 1.67. The molecule has 17 heavy (non-hydrogen) atoms. The third-order valence-corrected chi connectivity index (χ3v) is 2.23. The largest absolute Gasteiger partial charge is 0.451 e. The second kappa shape index (κ2) is 5.25. The zero-order valence-electron chi connectivity index (χ0n) is 9.02. The molecule has 0 aliphatic rings. The van der Waals surface area contributed by atoms with Crippen LogP contribution in [0.4, 0.5) is 4.39 Å². The summed E-state index contributed by atoms with van der Waals surface area (Å²) < 4.78 is 17.4. The van der Waals surface area contributed by atoms with Crippen molar-refractivity contribution in [3.05, 3.63) is 54.0 Å². The van der Waals surface area contributed by atoms with Crippen molar-refractivity contribution in [2.24, 2.45) is 0 Å². The second-order valence-electron chi connectivity index (χ2n) is 3.56. The zero-order valence-corrected chi connectivity index (χ0v) is 9.02. The highest BCUT2D eigenvalue weighted by Crippen LogP contribution is 2.02. The molecule has 0 radical (unpaired) electrons. The molecule has 1 aromatic heterocycles. The van der Waals surface area contributed by atoms with Gasteiger partial charge in [0, 0.05) is 6.54 Å². The minimum absolute atomic E-state index is 0.150. The van der Waals surface area contributed by atoms with Gasteiger partial charge >= 0.3 is 0 Å². The van der Waals surface area contributed by atoms with Gasteiger partial charge in [-0.2, -0.15) is 0 Å². The van der Waals surface area contributed by atoms with Crippen molar-refractivity contribution in [2.75, 3.05) is 0 Å². The maximum atomic E-state index is 12.6. The van der Waals surface area contributed by atoms with Gasteiger partial charge in [0.15, 0.2) is 6.39 Å². The summed E-state index contributed by atoms with van der Waals surface area (Å²) in [6, 6.07) is 5.98. The number of carbonyl (C=O) groups is 1.